The highest BCUT2D eigenvalue weighted by Crippen LogP contribution is 2.40. The fraction of sp³-hybridized carbons (Fsp3) is 0.222. The number of aryl methyl sites for hydroxylation is 1. The number of hydrogen-bond acceptors (Lipinski definition) is 4. The van der Waals surface area contributed by atoms with Crippen LogP contribution >= 0.6 is 0 Å². The third-order valence-electron chi connectivity index (χ3n) is 3.74. The molecule has 23 heavy (non-hydrogen) atoms. The Hall–Kier alpha value is -2.66. The van der Waals surface area contributed by atoms with Gasteiger partial charge in [0.05, 0.1) is 19.7 Å². The lowest BCUT2D eigenvalue weighted by atomic mass is 9.99. The van der Waals surface area contributed by atoms with Gasteiger partial charge >= 0.3 is 0 Å². The summed E-state index contributed by atoms with van der Waals surface area (Å²) in [5.41, 5.74) is 2.54. The Kier molecular flexibility index (Phi) is 3.88. The molecule has 0 unspecified atom stereocenters. The molecule has 5 nitrogen and oxygen atoms in total. The second kappa shape index (κ2) is 5.85. The third kappa shape index (κ3) is 2.83. The van der Waals surface area contributed by atoms with Crippen LogP contribution in [0.15, 0.2) is 36.4 Å². The summed E-state index contributed by atoms with van der Waals surface area (Å²) in [6, 6.07) is 5.11. The summed E-state index contributed by atoms with van der Waals surface area (Å²) in [6.45, 7) is 2.28. The summed E-state index contributed by atoms with van der Waals surface area (Å²) in [4.78, 5) is 17.7. The standard InChI is InChI=1S/C18H18N2O3/c1-11-8-14(21)13(10-20(2)3)18-16(11)17(22)15(23-18)9-12-4-6-19-7-5-12/h4-9,21H,10H2,1-3H3. The van der Waals surface area contributed by atoms with Crippen LogP contribution in [0.1, 0.15) is 27.0 Å². The van der Waals surface area contributed by atoms with Gasteiger partial charge in [0.1, 0.15) is 12.3 Å². The number of carbonyl (C=O) groups is 1. The zero-order valence-electron chi connectivity index (χ0n) is 13.3. The van der Waals surface area contributed by atoms with Crippen LogP contribution in [0.25, 0.3) is 6.08 Å². The highest BCUT2D eigenvalue weighted by Gasteiger charge is 2.32. The molecular formula is C18H18N2O3. The molecule has 0 aliphatic carbocycles. The Bertz CT molecular complexity index is 796. The summed E-state index contributed by atoms with van der Waals surface area (Å²) < 4.78 is 5.79. The topological polar surface area (TPSA) is 66.7 Å². The molecule has 5 heteroatoms. The summed E-state index contributed by atoms with van der Waals surface area (Å²) in [6.07, 6.45) is 4.99. The number of fused-ring (bicyclic) bond motifs is 1. The molecule has 0 bridgehead atoms. The number of carbonyl (C=O) groups excluding carboxylic acids is 1. The zero-order chi connectivity index (χ0) is 16.6. The van der Waals surface area contributed by atoms with Crippen LogP contribution in [0.3, 0.4) is 0 Å². The molecule has 2 heterocycles. The summed E-state index contributed by atoms with van der Waals surface area (Å²) in [5.74, 6) is 0.404. The van der Waals surface area contributed by atoms with Gasteiger partial charge in [-0.2, -0.15) is 0 Å². The van der Waals surface area contributed by atoms with Gasteiger partial charge < -0.3 is 14.7 Å². The predicted molar refractivity (Wildman–Crippen MR) is 84.3 cm³/mol. The minimum Gasteiger partial charge on any atom is -0.872 e. The van der Waals surface area contributed by atoms with E-state index in [2.05, 4.69) is 4.98 Å². The average molecular weight is 310 g/mol. The van der Waals surface area contributed by atoms with Crippen molar-refractivity contribution in [3.05, 3.63) is 58.6 Å². The molecule has 3 rings (SSSR count). The largest absolute Gasteiger partial charge is 0.872 e. The molecule has 118 valence electrons. The fourth-order valence-electron chi connectivity index (χ4n) is 2.70. The Balaban J connectivity index is 2.08. The highest BCUT2D eigenvalue weighted by molar-refractivity contribution is 6.15. The smallest absolute Gasteiger partial charge is 0.232 e. The maximum atomic E-state index is 12.7. The van der Waals surface area contributed by atoms with Crippen LogP contribution < -0.4 is 14.7 Å². The van der Waals surface area contributed by atoms with Crippen molar-refractivity contribution < 1.29 is 19.5 Å². The summed E-state index contributed by atoms with van der Waals surface area (Å²) in [7, 11) is 3.91. The summed E-state index contributed by atoms with van der Waals surface area (Å²) in [5, 5.41) is 12.3. The Labute approximate surface area is 134 Å². The van der Waals surface area contributed by atoms with Gasteiger partial charge in [-0.3, -0.25) is 9.78 Å². The first-order valence-corrected chi connectivity index (χ1v) is 7.44. The number of nitrogens with zero attached hydrogens (tertiary/aromatic N) is 1. The van der Waals surface area contributed by atoms with Crippen molar-refractivity contribution in [2.24, 2.45) is 0 Å². The highest BCUT2D eigenvalue weighted by atomic mass is 16.5. The number of Topliss-reactive ketones (excluding diaryl/α,β-unsaturated/α-hetero) is 1. The van der Waals surface area contributed by atoms with Crippen LogP contribution in [0.4, 0.5) is 0 Å². The number of benzene rings is 1. The number of pyridine rings is 1. The van der Waals surface area contributed by atoms with Crippen LogP contribution in [-0.4, -0.2) is 24.9 Å². The number of ketones is 1. The molecule has 0 atom stereocenters. The Morgan fingerprint density at radius 3 is 2.65 bits per heavy atom. The first-order valence-electron chi connectivity index (χ1n) is 7.44. The van der Waals surface area contributed by atoms with Gasteiger partial charge in [0.25, 0.3) is 0 Å². The maximum absolute atomic E-state index is 12.7. The van der Waals surface area contributed by atoms with Gasteiger partial charge in [0.2, 0.25) is 5.78 Å². The van der Waals surface area contributed by atoms with E-state index in [0.29, 0.717) is 29.0 Å². The van der Waals surface area contributed by atoms with E-state index in [9.17, 15) is 9.90 Å². The number of aromatic nitrogens is 1. The number of hydrogen-bond donors (Lipinski definition) is 1. The Morgan fingerprint density at radius 2 is 2.00 bits per heavy atom. The van der Waals surface area contributed by atoms with Crippen molar-refractivity contribution in [1.82, 2.24) is 4.98 Å². The van der Waals surface area contributed by atoms with E-state index in [-0.39, 0.29) is 17.3 Å². The molecule has 2 aromatic rings. The number of nitrogens with one attached hydrogen (secondary N) is 1. The predicted octanol–water partition coefficient (Wildman–Crippen LogP) is 0.724. The van der Waals surface area contributed by atoms with Gasteiger partial charge in [0, 0.05) is 18.0 Å². The van der Waals surface area contributed by atoms with Gasteiger partial charge in [-0.1, -0.05) is 11.8 Å². The van der Waals surface area contributed by atoms with Gasteiger partial charge in [-0.25, -0.2) is 0 Å². The molecule has 0 radical (unpaired) electrons. The molecule has 1 aromatic heterocycles. The molecular weight excluding hydrogens is 292 g/mol. The lowest BCUT2D eigenvalue weighted by Gasteiger charge is -2.19. The van der Waals surface area contributed by atoms with Crippen LogP contribution in [0.5, 0.6) is 11.5 Å². The van der Waals surface area contributed by atoms with Crippen molar-refractivity contribution >= 4 is 11.9 Å². The van der Waals surface area contributed by atoms with Crippen LogP contribution in [-0.2, 0) is 6.54 Å². The SMILES string of the molecule is Cc1cc([O-])c(C[NH+](C)C)c2c1C(=O)C(=Cc1ccncc1)O2. The molecule has 0 amide bonds. The van der Waals surface area contributed by atoms with E-state index < -0.39 is 0 Å². The van der Waals surface area contributed by atoms with E-state index in [1.54, 1.807) is 37.5 Å². The normalized spacial score (nSPS) is 15.1. The third-order valence-corrected chi connectivity index (χ3v) is 3.74. The van der Waals surface area contributed by atoms with Crippen molar-refractivity contribution in [2.45, 2.75) is 13.5 Å². The van der Waals surface area contributed by atoms with Crippen molar-refractivity contribution in [1.29, 1.82) is 0 Å². The van der Waals surface area contributed by atoms with E-state index in [1.807, 2.05) is 14.1 Å². The zero-order valence-corrected chi connectivity index (χ0v) is 13.3. The van der Waals surface area contributed by atoms with Crippen molar-refractivity contribution in [2.75, 3.05) is 14.1 Å². The quantitative estimate of drug-likeness (QED) is 0.849. The van der Waals surface area contributed by atoms with Gasteiger partial charge in [-0.15, -0.1) is 0 Å². The molecule has 0 spiro atoms. The molecule has 1 aliphatic heterocycles. The van der Waals surface area contributed by atoms with Gasteiger partial charge in [0.15, 0.2) is 5.76 Å². The fourth-order valence-corrected chi connectivity index (χ4v) is 2.70. The molecule has 0 saturated carbocycles. The minimum absolute atomic E-state index is 0.0830. The Morgan fingerprint density at radius 1 is 1.30 bits per heavy atom. The van der Waals surface area contributed by atoms with Crippen molar-refractivity contribution in [3.63, 3.8) is 0 Å². The summed E-state index contributed by atoms with van der Waals surface area (Å²) >= 11 is 0. The van der Waals surface area contributed by atoms with Gasteiger partial charge in [-0.05, 0) is 36.3 Å². The second-order valence-corrected chi connectivity index (χ2v) is 5.98. The second-order valence-electron chi connectivity index (χ2n) is 5.98. The number of quaternary nitrogens is 1. The maximum Gasteiger partial charge on any atom is 0.232 e. The van der Waals surface area contributed by atoms with Crippen LogP contribution in [0, 0.1) is 6.92 Å². The number of ether oxygens (including phenoxy) is 1. The number of rotatable bonds is 3. The monoisotopic (exact) mass is 310 g/mol. The molecule has 1 aromatic carbocycles. The number of allylic oxidation sites excluding steroid dienone is 1. The molecule has 0 fully saturated rings. The van der Waals surface area contributed by atoms with Crippen LogP contribution in [0.2, 0.25) is 0 Å². The lowest BCUT2D eigenvalue weighted by Crippen LogP contribution is -3.04. The molecule has 0 saturated heterocycles. The molecule has 1 N–H and O–H groups in total. The van der Waals surface area contributed by atoms with E-state index in [1.165, 1.54) is 6.07 Å². The lowest BCUT2D eigenvalue weighted by molar-refractivity contribution is -0.872. The average Bonchev–Trinajstić information content (AvgIpc) is 2.82. The van der Waals surface area contributed by atoms with E-state index >= 15 is 0 Å². The minimum atomic E-state index is -0.177. The van der Waals surface area contributed by atoms with E-state index in [4.69, 9.17) is 4.74 Å². The molecule has 1 aliphatic rings. The van der Waals surface area contributed by atoms with Crippen molar-refractivity contribution in [3.8, 4) is 11.5 Å². The van der Waals surface area contributed by atoms with E-state index in [0.717, 1.165) is 10.5 Å². The first-order chi connectivity index (χ1) is 11.0. The first kappa shape index (κ1) is 15.2.